The molecule has 1 aromatic rings. The molecular formula is C18H27N3S. The van der Waals surface area contributed by atoms with Crippen molar-refractivity contribution < 1.29 is 0 Å². The van der Waals surface area contributed by atoms with E-state index in [1.165, 1.54) is 17.5 Å². The third-order valence-corrected chi connectivity index (χ3v) is 5.35. The lowest BCUT2D eigenvalue weighted by Gasteiger charge is -2.45. The fourth-order valence-electron chi connectivity index (χ4n) is 4.45. The minimum absolute atomic E-state index is 0.103. The highest BCUT2D eigenvalue weighted by Crippen LogP contribution is 2.44. The van der Waals surface area contributed by atoms with Crippen LogP contribution in [0.3, 0.4) is 0 Å². The van der Waals surface area contributed by atoms with Gasteiger partial charge in [-0.2, -0.15) is 0 Å². The third kappa shape index (κ3) is 2.74. The first-order valence-electron chi connectivity index (χ1n) is 8.18. The molecule has 0 aromatic heterocycles. The molecule has 0 amide bonds. The second kappa shape index (κ2) is 5.20. The van der Waals surface area contributed by atoms with Crippen LogP contribution in [-0.4, -0.2) is 10.8 Å². The van der Waals surface area contributed by atoms with Gasteiger partial charge in [0.05, 0.1) is 5.69 Å². The molecule has 1 aromatic carbocycles. The van der Waals surface area contributed by atoms with E-state index in [1.54, 1.807) is 0 Å². The lowest BCUT2D eigenvalue weighted by Crippen LogP contribution is -2.57. The number of nitrogens with zero attached hydrogens (tertiary/aromatic N) is 1. The molecule has 2 fully saturated rings. The molecule has 120 valence electrons. The predicted octanol–water partition coefficient (Wildman–Crippen LogP) is 4.05. The Labute approximate surface area is 139 Å². The molecule has 0 bridgehead atoms. The molecule has 0 radical (unpaired) electrons. The zero-order chi connectivity index (χ0) is 16.1. The summed E-state index contributed by atoms with van der Waals surface area (Å²) in [6, 6.07) is 6.38. The Morgan fingerprint density at radius 2 is 1.95 bits per heavy atom. The third-order valence-electron chi connectivity index (χ3n) is 5.07. The van der Waals surface area contributed by atoms with Crippen LogP contribution in [0, 0.1) is 25.2 Å². The molecule has 2 N–H and O–H groups in total. The van der Waals surface area contributed by atoms with Crippen LogP contribution >= 0.6 is 12.2 Å². The summed E-state index contributed by atoms with van der Waals surface area (Å²) in [6.07, 6.45) is 3.47. The van der Waals surface area contributed by atoms with Crippen LogP contribution in [0.5, 0.6) is 0 Å². The van der Waals surface area contributed by atoms with Crippen molar-refractivity contribution in [1.82, 2.24) is 10.7 Å². The van der Waals surface area contributed by atoms with Crippen LogP contribution in [0.1, 0.15) is 51.2 Å². The highest BCUT2D eigenvalue weighted by atomic mass is 32.1. The molecule has 1 saturated carbocycles. The van der Waals surface area contributed by atoms with Gasteiger partial charge in [0.1, 0.15) is 5.66 Å². The number of hydrogen-bond acceptors (Lipinski definition) is 2. The Bertz CT molecular complexity index is 610. The maximum absolute atomic E-state index is 5.64. The number of nitrogens with one attached hydrogen (secondary N) is 2. The van der Waals surface area contributed by atoms with Gasteiger partial charge in [0.25, 0.3) is 0 Å². The van der Waals surface area contributed by atoms with Crippen molar-refractivity contribution in [1.29, 1.82) is 0 Å². The summed E-state index contributed by atoms with van der Waals surface area (Å²) in [6.45, 7) is 11.4. The normalized spacial score (nSPS) is 30.7. The highest BCUT2D eigenvalue weighted by molar-refractivity contribution is 7.80. The Balaban J connectivity index is 1.91. The molecule has 1 aliphatic heterocycles. The zero-order valence-electron chi connectivity index (χ0n) is 14.3. The molecule has 3 nitrogen and oxygen atoms in total. The van der Waals surface area contributed by atoms with Gasteiger partial charge in [-0.25, -0.2) is 10.4 Å². The molecule has 2 atom stereocenters. The topological polar surface area (TPSA) is 27.3 Å². The molecule has 2 aliphatic rings. The average Bonchev–Trinajstić information content (AvgIpc) is 2.66. The predicted molar refractivity (Wildman–Crippen MR) is 96.8 cm³/mol. The van der Waals surface area contributed by atoms with E-state index >= 15 is 0 Å². The molecule has 0 unspecified atom stereocenters. The quantitative estimate of drug-likeness (QED) is 0.764. The summed E-state index contributed by atoms with van der Waals surface area (Å²) in [7, 11) is 0. The SMILES string of the molecule is Cc1cccc(N2N[C@@]3(C[C@@H](C)CC(C)(C)C3)NC2=S)c1C. The minimum atomic E-state index is -0.103. The van der Waals surface area contributed by atoms with E-state index in [9.17, 15) is 0 Å². The Hall–Kier alpha value is -1.13. The number of hydrazine groups is 1. The van der Waals surface area contributed by atoms with Gasteiger partial charge < -0.3 is 5.32 Å². The average molecular weight is 318 g/mol. The molecule has 1 spiro atoms. The maximum atomic E-state index is 5.64. The van der Waals surface area contributed by atoms with E-state index in [2.05, 4.69) is 68.6 Å². The summed E-state index contributed by atoms with van der Waals surface area (Å²) in [5.41, 5.74) is 7.66. The van der Waals surface area contributed by atoms with Crippen molar-refractivity contribution in [3.05, 3.63) is 29.3 Å². The first kappa shape index (κ1) is 15.8. The monoisotopic (exact) mass is 317 g/mol. The number of benzene rings is 1. The van der Waals surface area contributed by atoms with E-state index in [0.717, 1.165) is 23.6 Å². The van der Waals surface area contributed by atoms with Crippen LogP contribution in [0.25, 0.3) is 0 Å². The minimum Gasteiger partial charge on any atom is -0.342 e. The summed E-state index contributed by atoms with van der Waals surface area (Å²) in [4.78, 5) is 0. The smallest absolute Gasteiger partial charge is 0.189 e. The first-order chi connectivity index (χ1) is 10.2. The van der Waals surface area contributed by atoms with Crippen molar-refractivity contribution in [2.75, 3.05) is 5.01 Å². The Kier molecular flexibility index (Phi) is 3.73. The highest BCUT2D eigenvalue weighted by Gasteiger charge is 2.48. The summed E-state index contributed by atoms with van der Waals surface area (Å²) < 4.78 is 0. The van der Waals surface area contributed by atoms with Gasteiger partial charge >= 0.3 is 0 Å². The summed E-state index contributed by atoms with van der Waals surface area (Å²) in [5.74, 6) is 0.685. The van der Waals surface area contributed by atoms with Gasteiger partial charge in [0.15, 0.2) is 5.11 Å². The van der Waals surface area contributed by atoms with E-state index in [1.807, 2.05) is 0 Å². The molecular weight excluding hydrogens is 290 g/mol. The van der Waals surface area contributed by atoms with Crippen molar-refractivity contribution in [2.45, 2.75) is 59.5 Å². The number of thiocarbonyl (C=S) groups is 1. The largest absolute Gasteiger partial charge is 0.342 e. The van der Waals surface area contributed by atoms with Crippen molar-refractivity contribution >= 4 is 23.0 Å². The Morgan fingerprint density at radius 3 is 2.64 bits per heavy atom. The van der Waals surface area contributed by atoms with Crippen LogP contribution in [0.2, 0.25) is 0 Å². The number of rotatable bonds is 1. The number of hydrogen-bond donors (Lipinski definition) is 2. The summed E-state index contributed by atoms with van der Waals surface area (Å²) in [5, 5.41) is 6.46. The van der Waals surface area contributed by atoms with Gasteiger partial charge in [-0.1, -0.05) is 32.9 Å². The van der Waals surface area contributed by atoms with Gasteiger partial charge in [0, 0.05) is 0 Å². The molecule has 1 aliphatic carbocycles. The lowest BCUT2D eigenvalue weighted by atomic mass is 9.68. The fraction of sp³-hybridized carbons (Fsp3) is 0.611. The molecule has 1 saturated heterocycles. The van der Waals surface area contributed by atoms with Crippen molar-refractivity contribution in [3.63, 3.8) is 0 Å². The van der Waals surface area contributed by atoms with Crippen LogP contribution < -0.4 is 15.8 Å². The van der Waals surface area contributed by atoms with Crippen LogP contribution in [0.15, 0.2) is 18.2 Å². The number of anilines is 1. The summed E-state index contributed by atoms with van der Waals surface area (Å²) >= 11 is 5.64. The first-order valence-corrected chi connectivity index (χ1v) is 8.59. The van der Waals surface area contributed by atoms with Gasteiger partial charge in [-0.05, 0) is 73.9 Å². The van der Waals surface area contributed by atoms with Crippen molar-refractivity contribution in [3.8, 4) is 0 Å². The standard InChI is InChI=1S/C18H27N3S/c1-12-9-17(4,5)11-18(10-12)19-16(22)21(20-18)15-8-6-7-13(2)14(15)3/h6-8,12,20H,9-11H2,1-5H3,(H,19,22)/t12-,18+/m0/s1. The van der Waals surface area contributed by atoms with E-state index in [4.69, 9.17) is 12.2 Å². The lowest BCUT2D eigenvalue weighted by molar-refractivity contribution is 0.0828. The molecule has 3 rings (SSSR count). The van der Waals surface area contributed by atoms with E-state index in [-0.39, 0.29) is 5.66 Å². The van der Waals surface area contributed by atoms with Gasteiger partial charge in [-0.15, -0.1) is 0 Å². The molecule has 22 heavy (non-hydrogen) atoms. The second-order valence-corrected chi connectivity index (χ2v) is 8.42. The zero-order valence-corrected chi connectivity index (χ0v) is 15.1. The van der Waals surface area contributed by atoms with Crippen LogP contribution in [-0.2, 0) is 0 Å². The Morgan fingerprint density at radius 1 is 1.23 bits per heavy atom. The van der Waals surface area contributed by atoms with E-state index in [0.29, 0.717) is 11.3 Å². The second-order valence-electron chi connectivity index (χ2n) is 8.03. The van der Waals surface area contributed by atoms with Gasteiger partial charge in [0.2, 0.25) is 0 Å². The van der Waals surface area contributed by atoms with E-state index < -0.39 is 0 Å². The van der Waals surface area contributed by atoms with Gasteiger partial charge in [-0.3, -0.25) is 0 Å². The maximum Gasteiger partial charge on any atom is 0.189 e. The molecule has 1 heterocycles. The van der Waals surface area contributed by atoms with Crippen LogP contribution in [0.4, 0.5) is 5.69 Å². The van der Waals surface area contributed by atoms with Crippen molar-refractivity contribution in [2.24, 2.45) is 11.3 Å². The molecule has 4 heteroatoms. The fourth-order valence-corrected chi connectivity index (χ4v) is 4.79. The number of aryl methyl sites for hydroxylation is 1.